The zero-order chi connectivity index (χ0) is 15.5. The molecule has 1 heterocycles. The monoisotopic (exact) mass is 314 g/mol. The van der Waals surface area contributed by atoms with Crippen molar-refractivity contribution in [2.45, 2.75) is 30.2 Å². The fraction of sp³-hybridized carbons (Fsp3) is 0.538. The van der Waals surface area contributed by atoms with Gasteiger partial charge >= 0.3 is 5.69 Å². The molecule has 1 aromatic carbocycles. The summed E-state index contributed by atoms with van der Waals surface area (Å²) < 4.78 is 28.8. The molecule has 0 bridgehead atoms. The van der Waals surface area contributed by atoms with Gasteiger partial charge in [-0.25, -0.2) is 8.42 Å². The summed E-state index contributed by atoms with van der Waals surface area (Å²) in [5.74, 6) is -0.00435. The number of nitrogens with one attached hydrogen (secondary N) is 1. The van der Waals surface area contributed by atoms with Gasteiger partial charge in [-0.1, -0.05) is 12.5 Å². The third-order valence-corrected chi connectivity index (χ3v) is 4.52. The maximum Gasteiger partial charge on any atom is 0.329 e. The van der Waals surface area contributed by atoms with Gasteiger partial charge in [0.2, 0.25) is 0 Å². The molecule has 0 aliphatic carbocycles. The van der Waals surface area contributed by atoms with Crippen LogP contribution in [0.4, 0.5) is 5.69 Å². The Morgan fingerprint density at radius 2 is 2.19 bits per heavy atom. The molecule has 0 saturated carbocycles. The van der Waals surface area contributed by atoms with Crippen molar-refractivity contribution in [1.29, 1.82) is 0 Å². The van der Waals surface area contributed by atoms with E-state index in [9.17, 15) is 18.5 Å². The summed E-state index contributed by atoms with van der Waals surface area (Å²) in [4.78, 5) is 10.2. The molecule has 0 radical (unpaired) electrons. The number of ether oxygens (including phenoxy) is 1. The second-order valence-corrected chi connectivity index (χ2v) is 7.07. The zero-order valence-electron chi connectivity index (χ0n) is 11.7. The van der Waals surface area contributed by atoms with Crippen molar-refractivity contribution < 1.29 is 18.1 Å². The molecule has 1 unspecified atom stereocenters. The van der Waals surface area contributed by atoms with E-state index in [1.165, 1.54) is 18.2 Å². The highest BCUT2D eigenvalue weighted by molar-refractivity contribution is 7.90. The second-order valence-electron chi connectivity index (χ2n) is 5.09. The fourth-order valence-corrected chi connectivity index (χ4v) is 3.21. The summed E-state index contributed by atoms with van der Waals surface area (Å²) in [6.45, 7) is 1.19. The highest BCUT2D eigenvalue weighted by Gasteiger charge is 2.27. The first-order chi connectivity index (χ1) is 9.89. The third kappa shape index (κ3) is 3.92. The first-order valence-electron chi connectivity index (χ1n) is 6.73. The van der Waals surface area contributed by atoms with Crippen LogP contribution in [0, 0.1) is 10.1 Å². The molecule has 2 rings (SSSR count). The molecule has 7 nitrogen and oxygen atoms in total. The van der Waals surface area contributed by atoms with Gasteiger partial charge in [0, 0.05) is 12.3 Å². The Labute approximate surface area is 123 Å². The van der Waals surface area contributed by atoms with Crippen LogP contribution in [0.3, 0.4) is 0 Å². The molecular formula is C13H18N2O5S. The number of nitro groups is 1. The topological polar surface area (TPSA) is 98.5 Å². The number of hydrogen-bond donors (Lipinski definition) is 1. The summed E-state index contributed by atoms with van der Waals surface area (Å²) in [6.07, 6.45) is 4.09. The normalized spacial score (nSPS) is 19.2. The lowest BCUT2D eigenvalue weighted by atomic mass is 10.1. The van der Waals surface area contributed by atoms with Crippen molar-refractivity contribution in [3.05, 3.63) is 28.3 Å². The molecule has 1 atom stereocenters. The Morgan fingerprint density at radius 3 is 2.76 bits per heavy atom. The molecule has 1 aliphatic heterocycles. The lowest BCUT2D eigenvalue weighted by Gasteiger charge is -2.23. The number of hydrogen-bond acceptors (Lipinski definition) is 6. The minimum absolute atomic E-state index is 0.00435. The van der Waals surface area contributed by atoms with Crippen LogP contribution in [-0.4, -0.2) is 38.8 Å². The van der Waals surface area contributed by atoms with Crippen LogP contribution in [0.2, 0.25) is 0 Å². The molecular weight excluding hydrogens is 296 g/mol. The van der Waals surface area contributed by atoms with Gasteiger partial charge in [0.1, 0.15) is 11.5 Å². The number of nitrogens with zero attached hydrogens (tertiary/aromatic N) is 1. The van der Waals surface area contributed by atoms with Crippen LogP contribution in [0.25, 0.3) is 0 Å². The highest BCUT2D eigenvalue weighted by atomic mass is 32.2. The molecule has 21 heavy (non-hydrogen) atoms. The van der Waals surface area contributed by atoms with E-state index >= 15 is 0 Å². The Balaban J connectivity index is 2.24. The average molecular weight is 314 g/mol. The van der Waals surface area contributed by atoms with Crippen LogP contribution in [0.5, 0.6) is 5.75 Å². The number of para-hydroxylation sites is 1. The summed E-state index contributed by atoms with van der Waals surface area (Å²) in [5, 5.41) is 14.5. The van der Waals surface area contributed by atoms with Gasteiger partial charge in [0.15, 0.2) is 15.6 Å². The number of piperidine rings is 1. The zero-order valence-corrected chi connectivity index (χ0v) is 12.6. The van der Waals surface area contributed by atoms with Gasteiger partial charge < -0.3 is 10.1 Å². The first kappa shape index (κ1) is 15.7. The van der Waals surface area contributed by atoms with Crippen LogP contribution in [0.1, 0.15) is 19.3 Å². The number of benzene rings is 1. The summed E-state index contributed by atoms with van der Waals surface area (Å²) in [5.41, 5.74) is -0.490. The molecule has 1 saturated heterocycles. The van der Waals surface area contributed by atoms with Gasteiger partial charge in [0.05, 0.1) is 4.92 Å². The predicted molar refractivity (Wildman–Crippen MR) is 77.3 cm³/mol. The molecule has 116 valence electrons. The molecule has 1 aromatic rings. The van der Waals surface area contributed by atoms with Crippen molar-refractivity contribution in [3.8, 4) is 5.75 Å². The van der Waals surface area contributed by atoms with Gasteiger partial charge in [-0.2, -0.15) is 0 Å². The molecule has 1 N–H and O–H groups in total. The first-order valence-corrected chi connectivity index (χ1v) is 8.62. The van der Waals surface area contributed by atoms with E-state index in [1.54, 1.807) is 0 Å². The predicted octanol–water partition coefficient (Wildman–Crippen LogP) is 1.52. The van der Waals surface area contributed by atoms with E-state index in [2.05, 4.69) is 5.32 Å². The maximum atomic E-state index is 11.6. The van der Waals surface area contributed by atoms with Crippen LogP contribution in [-0.2, 0) is 9.84 Å². The lowest BCUT2D eigenvalue weighted by molar-refractivity contribution is -0.388. The Hall–Kier alpha value is -1.67. The highest BCUT2D eigenvalue weighted by Crippen LogP contribution is 2.34. The number of sulfone groups is 1. The standard InChI is InChI=1S/C13H18N2O5S/c1-21(18,19)12-7-4-6-11(13(12)15(16)17)20-9-10-5-2-3-8-14-10/h4,6-7,10,14H,2-3,5,8-9H2,1H3. The van der Waals surface area contributed by atoms with Crippen molar-refractivity contribution in [1.82, 2.24) is 5.32 Å². The number of rotatable bonds is 5. The molecule has 1 aliphatic rings. The van der Waals surface area contributed by atoms with E-state index in [0.717, 1.165) is 32.1 Å². The van der Waals surface area contributed by atoms with Crippen molar-refractivity contribution >= 4 is 15.5 Å². The quantitative estimate of drug-likeness (QED) is 0.653. The lowest BCUT2D eigenvalue weighted by Crippen LogP contribution is -2.38. The molecule has 0 spiro atoms. The minimum Gasteiger partial charge on any atom is -0.485 e. The van der Waals surface area contributed by atoms with Gasteiger partial charge in [0.25, 0.3) is 0 Å². The van der Waals surface area contributed by atoms with Crippen LogP contribution in [0.15, 0.2) is 23.1 Å². The van der Waals surface area contributed by atoms with Crippen LogP contribution >= 0.6 is 0 Å². The molecule has 0 aromatic heterocycles. The van der Waals surface area contributed by atoms with Crippen molar-refractivity contribution in [3.63, 3.8) is 0 Å². The summed E-state index contributed by atoms with van der Waals surface area (Å²) in [6, 6.07) is 4.24. The minimum atomic E-state index is -3.68. The van der Waals surface area contributed by atoms with Crippen molar-refractivity contribution in [2.24, 2.45) is 0 Å². The van der Waals surface area contributed by atoms with Crippen molar-refractivity contribution in [2.75, 3.05) is 19.4 Å². The fourth-order valence-electron chi connectivity index (χ4n) is 2.35. The van der Waals surface area contributed by atoms with E-state index in [-0.39, 0.29) is 23.3 Å². The largest absolute Gasteiger partial charge is 0.485 e. The van der Waals surface area contributed by atoms with Gasteiger partial charge in [-0.3, -0.25) is 10.1 Å². The van der Waals surface area contributed by atoms with E-state index < -0.39 is 20.4 Å². The van der Waals surface area contributed by atoms with Gasteiger partial charge in [-0.05, 0) is 31.5 Å². The third-order valence-electron chi connectivity index (χ3n) is 3.40. The SMILES string of the molecule is CS(=O)(=O)c1cccc(OCC2CCCCN2)c1[N+](=O)[O-]. The molecule has 0 amide bonds. The number of nitro benzene ring substituents is 1. The average Bonchev–Trinajstić information content (AvgIpc) is 2.44. The summed E-state index contributed by atoms with van der Waals surface area (Å²) in [7, 11) is -3.68. The second kappa shape index (κ2) is 6.40. The smallest absolute Gasteiger partial charge is 0.329 e. The van der Waals surface area contributed by atoms with E-state index in [1.807, 2.05) is 0 Å². The van der Waals surface area contributed by atoms with Gasteiger partial charge in [-0.15, -0.1) is 0 Å². The van der Waals surface area contributed by atoms with E-state index in [4.69, 9.17) is 4.74 Å². The Kier molecular flexibility index (Phi) is 4.79. The maximum absolute atomic E-state index is 11.6. The molecule has 1 fully saturated rings. The Morgan fingerprint density at radius 1 is 1.43 bits per heavy atom. The van der Waals surface area contributed by atoms with E-state index in [0.29, 0.717) is 0 Å². The summed E-state index contributed by atoms with van der Waals surface area (Å²) >= 11 is 0. The van der Waals surface area contributed by atoms with Crippen LogP contribution < -0.4 is 10.1 Å². The molecule has 8 heteroatoms. The Bertz CT molecular complexity index is 623.